The molecule has 1 amide bonds. The largest absolute Gasteiger partial charge is 0.508 e. The van der Waals surface area contributed by atoms with Crippen molar-refractivity contribution >= 4 is 23.2 Å². The number of nitrogens with two attached hydrogens (primary N) is 1. The number of hydrogen-bond donors (Lipinski definition) is 6. The highest BCUT2D eigenvalue weighted by molar-refractivity contribution is 6.22. The van der Waals surface area contributed by atoms with Gasteiger partial charge in [-0.15, -0.1) is 0 Å². The number of ketones is 2. The topological polar surface area (TPSA) is 170 Å². The number of phenols is 1. The number of aliphatic hydroxyl groups is 3. The summed E-state index contributed by atoms with van der Waals surface area (Å²) in [5, 5.41) is 47.2. The van der Waals surface area contributed by atoms with Crippen LogP contribution in [0.25, 0.3) is 5.76 Å². The molecule has 4 rings (SSSR count). The van der Waals surface area contributed by atoms with Crippen LogP contribution in [0.4, 0.5) is 4.39 Å². The lowest BCUT2D eigenvalue weighted by molar-refractivity contribution is -0.147. The maximum atomic E-state index is 15.2. The minimum absolute atomic E-state index is 0.0354. The van der Waals surface area contributed by atoms with Crippen LogP contribution in [0.2, 0.25) is 0 Å². The highest BCUT2D eigenvalue weighted by Gasteiger charge is 2.60. The van der Waals surface area contributed by atoms with Gasteiger partial charge in [0.2, 0.25) is 5.78 Å². The van der Waals surface area contributed by atoms with E-state index in [-0.39, 0.29) is 46.4 Å². The summed E-state index contributed by atoms with van der Waals surface area (Å²) in [6.45, 7) is 6.62. The van der Waals surface area contributed by atoms with E-state index in [9.17, 15) is 34.8 Å². The van der Waals surface area contributed by atoms with Crippen molar-refractivity contribution in [2.75, 3.05) is 6.54 Å². The number of fused-ring (bicyclic) bond motifs is 3. The molecular weight excluding hydrogens is 471 g/mol. The number of carbonyl (C=O) groups excluding carboxylic acids is 3. The first-order chi connectivity index (χ1) is 16.7. The Morgan fingerprint density at radius 1 is 1.22 bits per heavy atom. The summed E-state index contributed by atoms with van der Waals surface area (Å²) in [5.74, 6) is -7.85. The lowest BCUT2D eigenvalue weighted by atomic mass is 9.59. The van der Waals surface area contributed by atoms with Crippen LogP contribution in [-0.2, 0) is 27.2 Å². The number of aromatic hydroxyl groups is 1. The summed E-state index contributed by atoms with van der Waals surface area (Å²) in [4.78, 5) is 37.6. The van der Waals surface area contributed by atoms with Crippen LogP contribution in [0, 0.1) is 17.7 Å². The van der Waals surface area contributed by atoms with Gasteiger partial charge in [0.05, 0.1) is 5.56 Å². The van der Waals surface area contributed by atoms with E-state index in [1.54, 1.807) is 0 Å². The predicted molar refractivity (Wildman–Crippen MR) is 127 cm³/mol. The summed E-state index contributed by atoms with van der Waals surface area (Å²) >= 11 is 0. The molecule has 0 spiro atoms. The second kappa shape index (κ2) is 8.70. The van der Waals surface area contributed by atoms with E-state index in [0.29, 0.717) is 19.4 Å². The van der Waals surface area contributed by atoms with Crippen LogP contribution < -0.4 is 11.1 Å². The van der Waals surface area contributed by atoms with Gasteiger partial charge in [0, 0.05) is 29.0 Å². The van der Waals surface area contributed by atoms with E-state index < -0.39 is 64.2 Å². The molecule has 3 atom stereocenters. The van der Waals surface area contributed by atoms with Crippen molar-refractivity contribution in [1.29, 1.82) is 0 Å². The molecule has 194 valence electrons. The standard InChI is InChI=1S/C26H31FN2O7/c1-25(2,3)29-6-4-5-11-9-15(27)14-8-12-7-13-10-16(30)19(24(28)35)23(34)26(13,36)22(33)17(12)21(32)18(14)20(11)31/h9,12-13,29,31-32,34,36H,4-8,10H2,1-3H3,(H2,28,35)/t12?,13-,26-/m0/s1. The summed E-state index contributed by atoms with van der Waals surface area (Å²) < 4.78 is 15.2. The zero-order chi connectivity index (χ0) is 26.7. The summed E-state index contributed by atoms with van der Waals surface area (Å²) in [6, 6.07) is 1.22. The number of aliphatic hydroxyl groups excluding tert-OH is 2. The van der Waals surface area contributed by atoms with Gasteiger partial charge >= 0.3 is 0 Å². The van der Waals surface area contributed by atoms with E-state index in [0.717, 1.165) is 0 Å². The van der Waals surface area contributed by atoms with Crippen molar-refractivity contribution in [3.8, 4) is 5.75 Å². The van der Waals surface area contributed by atoms with Crippen LogP contribution in [0.1, 0.15) is 56.7 Å². The summed E-state index contributed by atoms with van der Waals surface area (Å²) in [6.07, 6.45) is 0.366. The number of primary amides is 1. The van der Waals surface area contributed by atoms with Crippen LogP contribution in [0.15, 0.2) is 23.0 Å². The fourth-order valence-corrected chi connectivity index (χ4v) is 5.63. The highest BCUT2D eigenvalue weighted by atomic mass is 19.1. The fourth-order valence-electron chi connectivity index (χ4n) is 5.63. The molecule has 0 aromatic heterocycles. The Kier molecular flexibility index (Phi) is 6.25. The minimum Gasteiger partial charge on any atom is -0.508 e. The molecule has 36 heavy (non-hydrogen) atoms. The normalized spacial score (nSPS) is 26.0. The number of rotatable bonds is 5. The Morgan fingerprint density at radius 2 is 1.89 bits per heavy atom. The number of hydrogen-bond acceptors (Lipinski definition) is 8. The SMILES string of the molecule is CC(C)(C)NCCCc1cc(F)c2c(c1O)C(O)=C1C(=O)[C@]3(O)C(O)=C(C(N)=O)C(=O)C[C@@H]3CC1C2. The molecule has 3 aliphatic carbocycles. The molecule has 3 aliphatic rings. The molecule has 0 bridgehead atoms. The van der Waals surface area contributed by atoms with Gasteiger partial charge in [-0.25, -0.2) is 4.39 Å². The molecule has 10 heteroatoms. The average Bonchev–Trinajstić information content (AvgIpc) is 2.76. The molecular formula is C26H31FN2O7. The number of carbonyl (C=O) groups is 3. The quantitative estimate of drug-likeness (QED) is 0.262. The zero-order valence-corrected chi connectivity index (χ0v) is 20.4. The number of halogens is 1. The smallest absolute Gasteiger partial charge is 0.255 e. The second-order valence-corrected chi connectivity index (χ2v) is 10.9. The third-order valence-corrected chi connectivity index (χ3v) is 7.37. The molecule has 9 nitrogen and oxygen atoms in total. The van der Waals surface area contributed by atoms with Gasteiger partial charge in [-0.1, -0.05) is 0 Å². The first-order valence-corrected chi connectivity index (χ1v) is 11.9. The van der Waals surface area contributed by atoms with Crippen molar-refractivity contribution in [3.63, 3.8) is 0 Å². The van der Waals surface area contributed by atoms with Crippen LogP contribution in [0.3, 0.4) is 0 Å². The molecule has 1 aromatic rings. The first-order valence-electron chi connectivity index (χ1n) is 11.9. The van der Waals surface area contributed by atoms with Crippen molar-refractivity contribution in [3.05, 3.63) is 45.5 Å². The zero-order valence-electron chi connectivity index (χ0n) is 20.4. The molecule has 1 fully saturated rings. The fraction of sp³-hybridized carbons (Fsp3) is 0.500. The molecule has 0 heterocycles. The monoisotopic (exact) mass is 502 g/mol. The number of benzene rings is 1. The summed E-state index contributed by atoms with van der Waals surface area (Å²) in [7, 11) is 0. The number of Topliss-reactive ketones (excluding diaryl/α,β-unsaturated/α-hetero) is 2. The first kappa shape index (κ1) is 25.8. The molecule has 0 radical (unpaired) electrons. The second-order valence-electron chi connectivity index (χ2n) is 10.9. The van der Waals surface area contributed by atoms with Crippen LogP contribution >= 0.6 is 0 Å². The van der Waals surface area contributed by atoms with E-state index in [4.69, 9.17) is 5.73 Å². The maximum Gasteiger partial charge on any atom is 0.255 e. The van der Waals surface area contributed by atoms with Crippen molar-refractivity contribution in [2.45, 2.75) is 64.0 Å². The molecule has 1 saturated carbocycles. The van der Waals surface area contributed by atoms with E-state index in [1.165, 1.54) is 6.07 Å². The molecule has 0 saturated heterocycles. The molecule has 0 aliphatic heterocycles. The Morgan fingerprint density at radius 3 is 2.50 bits per heavy atom. The van der Waals surface area contributed by atoms with E-state index in [2.05, 4.69) is 5.32 Å². The lowest BCUT2D eigenvalue weighted by Crippen LogP contribution is -2.58. The number of amides is 1. The predicted octanol–water partition coefficient (Wildman–Crippen LogP) is 1.88. The Labute approximate surface area is 207 Å². The van der Waals surface area contributed by atoms with Gasteiger partial charge in [-0.05, 0) is 70.5 Å². The van der Waals surface area contributed by atoms with E-state index in [1.807, 2.05) is 20.8 Å². The maximum absolute atomic E-state index is 15.2. The number of nitrogens with one attached hydrogen (secondary N) is 1. The molecule has 1 aromatic carbocycles. The van der Waals surface area contributed by atoms with Crippen molar-refractivity contribution in [2.24, 2.45) is 17.6 Å². The third-order valence-electron chi connectivity index (χ3n) is 7.37. The third kappa shape index (κ3) is 3.98. The van der Waals surface area contributed by atoms with Gasteiger partial charge in [0.1, 0.15) is 28.7 Å². The van der Waals surface area contributed by atoms with Gasteiger partial charge in [0.25, 0.3) is 5.91 Å². The van der Waals surface area contributed by atoms with Crippen molar-refractivity contribution in [1.82, 2.24) is 5.32 Å². The van der Waals surface area contributed by atoms with Gasteiger partial charge in [-0.3, -0.25) is 14.4 Å². The Bertz CT molecular complexity index is 1240. The Hall–Kier alpha value is -3.24. The highest BCUT2D eigenvalue weighted by Crippen LogP contribution is 2.52. The van der Waals surface area contributed by atoms with Gasteiger partial charge < -0.3 is 31.5 Å². The number of aryl methyl sites for hydroxylation is 1. The Balaban J connectivity index is 1.76. The number of phenolic OH excluding ortho intramolecular Hbond substituents is 1. The van der Waals surface area contributed by atoms with Crippen LogP contribution in [-0.4, -0.2) is 55.6 Å². The molecule has 7 N–H and O–H groups in total. The van der Waals surface area contributed by atoms with Crippen molar-refractivity contribution < 1.29 is 39.2 Å². The molecule has 1 unspecified atom stereocenters. The van der Waals surface area contributed by atoms with Crippen LogP contribution in [0.5, 0.6) is 5.75 Å². The minimum atomic E-state index is -2.64. The lowest BCUT2D eigenvalue weighted by Gasteiger charge is -2.46. The van der Waals surface area contributed by atoms with Gasteiger partial charge in [0.15, 0.2) is 11.4 Å². The average molecular weight is 503 g/mol. The van der Waals surface area contributed by atoms with Gasteiger partial charge in [-0.2, -0.15) is 0 Å². The summed E-state index contributed by atoms with van der Waals surface area (Å²) in [5.41, 5.74) is 1.37. The van der Waals surface area contributed by atoms with E-state index >= 15 is 4.39 Å².